The summed E-state index contributed by atoms with van der Waals surface area (Å²) in [5.74, 6) is 1.98. The van der Waals surface area contributed by atoms with Gasteiger partial charge in [-0.25, -0.2) is 4.98 Å². The molecule has 160 valence electrons. The molecule has 2 heterocycles. The number of rotatable bonds is 8. The SMILES string of the molecule is CCOc1cc(CN2CCC(Nc3ncc(C#N)c(N)n3)CC2)cc(OCC)c1Cl. The van der Waals surface area contributed by atoms with Crippen LogP contribution in [0.1, 0.15) is 37.8 Å². The summed E-state index contributed by atoms with van der Waals surface area (Å²) in [4.78, 5) is 10.7. The predicted molar refractivity (Wildman–Crippen MR) is 117 cm³/mol. The zero-order valence-corrected chi connectivity index (χ0v) is 18.1. The third kappa shape index (κ3) is 5.43. The maximum absolute atomic E-state index is 8.93. The van der Waals surface area contributed by atoms with E-state index < -0.39 is 0 Å². The molecule has 1 aromatic heterocycles. The van der Waals surface area contributed by atoms with Gasteiger partial charge in [0.2, 0.25) is 5.95 Å². The van der Waals surface area contributed by atoms with E-state index in [9.17, 15) is 0 Å². The lowest BCUT2D eigenvalue weighted by Crippen LogP contribution is -2.39. The Kier molecular flexibility index (Phi) is 7.55. The van der Waals surface area contributed by atoms with Crippen molar-refractivity contribution < 1.29 is 9.47 Å². The van der Waals surface area contributed by atoms with Crippen molar-refractivity contribution in [1.29, 1.82) is 5.26 Å². The second-order valence-electron chi connectivity index (χ2n) is 7.07. The molecule has 3 N–H and O–H groups in total. The highest BCUT2D eigenvalue weighted by Crippen LogP contribution is 2.36. The van der Waals surface area contributed by atoms with E-state index in [0.29, 0.717) is 35.7 Å². The number of piperidine rings is 1. The number of hydrogen-bond donors (Lipinski definition) is 2. The van der Waals surface area contributed by atoms with Crippen molar-refractivity contribution in [2.75, 3.05) is 37.4 Å². The summed E-state index contributed by atoms with van der Waals surface area (Å²) in [6.07, 6.45) is 3.35. The van der Waals surface area contributed by atoms with Crippen LogP contribution in [0, 0.1) is 11.3 Å². The molecular weight excluding hydrogens is 404 g/mol. The third-order valence-electron chi connectivity index (χ3n) is 4.93. The molecule has 2 aromatic rings. The first kappa shape index (κ1) is 21.9. The van der Waals surface area contributed by atoms with Gasteiger partial charge in [-0.1, -0.05) is 11.6 Å². The van der Waals surface area contributed by atoms with Crippen LogP contribution in [0.2, 0.25) is 5.02 Å². The first-order valence-corrected chi connectivity index (χ1v) is 10.5. The number of hydrogen-bond acceptors (Lipinski definition) is 8. The van der Waals surface area contributed by atoms with E-state index in [0.717, 1.165) is 38.0 Å². The number of nitrogen functional groups attached to an aromatic ring is 1. The highest BCUT2D eigenvalue weighted by molar-refractivity contribution is 6.33. The molecule has 9 heteroatoms. The molecule has 1 aromatic carbocycles. The van der Waals surface area contributed by atoms with Gasteiger partial charge in [-0.3, -0.25) is 4.90 Å². The van der Waals surface area contributed by atoms with Crippen molar-refractivity contribution in [3.63, 3.8) is 0 Å². The number of ether oxygens (including phenoxy) is 2. The number of nitrogens with zero attached hydrogens (tertiary/aromatic N) is 4. The normalized spacial score (nSPS) is 14.9. The second-order valence-corrected chi connectivity index (χ2v) is 7.45. The van der Waals surface area contributed by atoms with Gasteiger partial charge >= 0.3 is 0 Å². The molecule has 3 rings (SSSR count). The van der Waals surface area contributed by atoms with Gasteiger partial charge in [0.25, 0.3) is 0 Å². The maximum Gasteiger partial charge on any atom is 0.224 e. The molecule has 0 spiro atoms. The molecule has 1 fully saturated rings. The van der Waals surface area contributed by atoms with E-state index in [2.05, 4.69) is 20.2 Å². The van der Waals surface area contributed by atoms with E-state index in [1.807, 2.05) is 32.0 Å². The molecule has 8 nitrogen and oxygen atoms in total. The Hall–Kier alpha value is -2.76. The highest BCUT2D eigenvalue weighted by atomic mass is 35.5. The summed E-state index contributed by atoms with van der Waals surface area (Å²) in [7, 11) is 0. The molecule has 0 amide bonds. The Bertz CT molecular complexity index is 882. The zero-order valence-electron chi connectivity index (χ0n) is 17.3. The smallest absolute Gasteiger partial charge is 0.224 e. The topological polar surface area (TPSA) is 109 Å². The van der Waals surface area contributed by atoms with Crippen LogP contribution in [0.5, 0.6) is 11.5 Å². The first-order chi connectivity index (χ1) is 14.5. The van der Waals surface area contributed by atoms with Gasteiger partial charge in [0.05, 0.1) is 19.4 Å². The van der Waals surface area contributed by atoms with Crippen LogP contribution in [0.25, 0.3) is 0 Å². The van der Waals surface area contributed by atoms with Gasteiger partial charge in [0, 0.05) is 25.7 Å². The van der Waals surface area contributed by atoms with Crippen LogP contribution in [0.4, 0.5) is 11.8 Å². The average molecular weight is 431 g/mol. The van der Waals surface area contributed by atoms with Crippen LogP contribution in [-0.2, 0) is 6.54 Å². The number of nitriles is 1. The number of nitrogens with one attached hydrogen (secondary N) is 1. The Labute approximate surface area is 182 Å². The predicted octanol–water partition coefficient (Wildman–Crippen LogP) is 3.46. The number of benzene rings is 1. The maximum atomic E-state index is 8.93. The number of aromatic nitrogens is 2. The van der Waals surface area contributed by atoms with Gasteiger partial charge in [0.1, 0.15) is 34.0 Å². The minimum atomic E-state index is 0.199. The van der Waals surface area contributed by atoms with Crippen LogP contribution >= 0.6 is 11.6 Å². The fraction of sp³-hybridized carbons (Fsp3) is 0.476. The molecule has 0 bridgehead atoms. The molecule has 1 saturated heterocycles. The largest absolute Gasteiger partial charge is 0.492 e. The molecule has 0 aliphatic carbocycles. The summed E-state index contributed by atoms with van der Waals surface area (Å²) < 4.78 is 11.4. The van der Waals surface area contributed by atoms with Gasteiger partial charge < -0.3 is 20.5 Å². The van der Waals surface area contributed by atoms with Crippen molar-refractivity contribution in [2.24, 2.45) is 0 Å². The lowest BCUT2D eigenvalue weighted by molar-refractivity contribution is 0.210. The van der Waals surface area contributed by atoms with E-state index in [-0.39, 0.29) is 17.4 Å². The minimum absolute atomic E-state index is 0.199. The average Bonchev–Trinajstić information content (AvgIpc) is 2.73. The van der Waals surface area contributed by atoms with Crippen molar-refractivity contribution in [3.05, 3.63) is 34.5 Å². The number of nitrogens with two attached hydrogens (primary N) is 1. The molecule has 0 radical (unpaired) electrons. The molecule has 0 atom stereocenters. The summed E-state index contributed by atoms with van der Waals surface area (Å²) in [5.41, 5.74) is 7.17. The number of halogens is 1. The summed E-state index contributed by atoms with van der Waals surface area (Å²) in [6.45, 7) is 7.63. The van der Waals surface area contributed by atoms with Gasteiger partial charge in [-0.15, -0.1) is 0 Å². The van der Waals surface area contributed by atoms with E-state index in [4.69, 9.17) is 32.1 Å². The monoisotopic (exact) mass is 430 g/mol. The Morgan fingerprint density at radius 2 is 1.87 bits per heavy atom. The van der Waals surface area contributed by atoms with Gasteiger partial charge in [-0.05, 0) is 44.4 Å². The minimum Gasteiger partial charge on any atom is -0.492 e. The molecule has 1 aliphatic rings. The lowest BCUT2D eigenvalue weighted by Gasteiger charge is -2.32. The van der Waals surface area contributed by atoms with E-state index in [1.165, 1.54) is 6.20 Å². The first-order valence-electron chi connectivity index (χ1n) is 10.1. The molecular formula is C21H27ClN6O2. The molecule has 0 saturated carbocycles. The summed E-state index contributed by atoms with van der Waals surface area (Å²) in [6, 6.07) is 6.22. The van der Waals surface area contributed by atoms with E-state index in [1.54, 1.807) is 0 Å². The standard InChI is InChI=1S/C21H27ClN6O2/c1-3-29-17-9-14(10-18(19(17)22)30-4-2)13-28-7-5-16(6-8-28)26-21-25-12-15(11-23)20(24)27-21/h9-10,12,16H,3-8,13H2,1-2H3,(H3,24,25,26,27). The third-order valence-corrected chi connectivity index (χ3v) is 5.30. The van der Waals surface area contributed by atoms with Crippen LogP contribution in [0.3, 0.4) is 0 Å². The lowest BCUT2D eigenvalue weighted by atomic mass is 10.0. The summed E-state index contributed by atoms with van der Waals surface area (Å²) in [5, 5.41) is 12.8. The fourth-order valence-corrected chi connectivity index (χ4v) is 3.68. The van der Waals surface area contributed by atoms with Crippen molar-refractivity contribution >= 4 is 23.4 Å². The van der Waals surface area contributed by atoms with Crippen molar-refractivity contribution in [1.82, 2.24) is 14.9 Å². The Morgan fingerprint density at radius 1 is 1.23 bits per heavy atom. The van der Waals surface area contributed by atoms with Crippen molar-refractivity contribution in [3.8, 4) is 17.6 Å². The highest BCUT2D eigenvalue weighted by Gasteiger charge is 2.21. The number of likely N-dealkylation sites (tertiary alicyclic amines) is 1. The van der Waals surface area contributed by atoms with Crippen molar-refractivity contribution in [2.45, 2.75) is 39.3 Å². The second kappa shape index (κ2) is 10.3. The van der Waals surface area contributed by atoms with Crippen LogP contribution in [0.15, 0.2) is 18.3 Å². The molecule has 0 unspecified atom stereocenters. The number of anilines is 2. The van der Waals surface area contributed by atoms with Crippen LogP contribution < -0.4 is 20.5 Å². The Morgan fingerprint density at radius 3 is 2.40 bits per heavy atom. The Balaban J connectivity index is 1.59. The zero-order chi connectivity index (χ0) is 21.5. The van der Waals surface area contributed by atoms with E-state index >= 15 is 0 Å². The van der Waals surface area contributed by atoms with Gasteiger partial charge in [0.15, 0.2) is 0 Å². The summed E-state index contributed by atoms with van der Waals surface area (Å²) >= 11 is 6.40. The quantitative estimate of drug-likeness (QED) is 0.655. The van der Waals surface area contributed by atoms with Gasteiger partial charge in [-0.2, -0.15) is 10.2 Å². The fourth-order valence-electron chi connectivity index (χ4n) is 3.47. The molecule has 1 aliphatic heterocycles. The molecule has 30 heavy (non-hydrogen) atoms. The van der Waals surface area contributed by atoms with Crippen LogP contribution in [-0.4, -0.2) is 47.2 Å².